The molecule has 17 heavy (non-hydrogen) atoms. The minimum atomic E-state index is -0.376. The van der Waals surface area contributed by atoms with Crippen molar-refractivity contribution in [2.24, 2.45) is 0 Å². The fraction of sp³-hybridized carbons (Fsp3) is 0.0769. The van der Waals surface area contributed by atoms with E-state index in [9.17, 15) is 10.1 Å². The zero-order chi connectivity index (χ0) is 12.3. The van der Waals surface area contributed by atoms with E-state index in [0.717, 1.165) is 9.79 Å². The van der Waals surface area contributed by atoms with Crippen molar-refractivity contribution in [1.29, 1.82) is 0 Å². The minimum Gasteiger partial charge on any atom is -0.258 e. The molecule has 0 radical (unpaired) electrons. The van der Waals surface area contributed by atoms with Gasteiger partial charge in [0.05, 0.1) is 4.92 Å². The number of benzene rings is 2. The van der Waals surface area contributed by atoms with Crippen LogP contribution in [0.1, 0.15) is 5.56 Å². The molecule has 0 saturated carbocycles. The van der Waals surface area contributed by atoms with Crippen molar-refractivity contribution in [3.05, 3.63) is 64.2 Å². The largest absolute Gasteiger partial charge is 0.270 e. The van der Waals surface area contributed by atoms with Crippen molar-refractivity contribution in [3.63, 3.8) is 0 Å². The second-order valence-electron chi connectivity index (χ2n) is 3.67. The maximum atomic E-state index is 10.6. The number of nitrogens with zero attached hydrogens (tertiary/aromatic N) is 1. The average molecular weight is 245 g/mol. The monoisotopic (exact) mass is 245 g/mol. The first-order valence-electron chi connectivity index (χ1n) is 5.14. The van der Waals surface area contributed by atoms with E-state index in [-0.39, 0.29) is 10.6 Å². The van der Waals surface area contributed by atoms with Crippen LogP contribution in [0.2, 0.25) is 0 Å². The van der Waals surface area contributed by atoms with E-state index in [1.165, 1.54) is 23.4 Å². The molecule has 0 unspecified atom stereocenters. The van der Waals surface area contributed by atoms with Crippen molar-refractivity contribution in [1.82, 2.24) is 0 Å². The Labute approximate surface area is 104 Å². The molecule has 86 valence electrons. The first-order valence-corrected chi connectivity index (χ1v) is 5.96. The van der Waals surface area contributed by atoms with Gasteiger partial charge >= 0.3 is 0 Å². The Morgan fingerprint density at radius 3 is 2.41 bits per heavy atom. The Morgan fingerprint density at radius 1 is 1.06 bits per heavy atom. The molecule has 3 nitrogen and oxygen atoms in total. The van der Waals surface area contributed by atoms with Crippen molar-refractivity contribution >= 4 is 17.4 Å². The van der Waals surface area contributed by atoms with Gasteiger partial charge in [0.25, 0.3) is 5.69 Å². The molecule has 2 aromatic carbocycles. The highest BCUT2D eigenvalue weighted by atomic mass is 32.2. The van der Waals surface area contributed by atoms with Gasteiger partial charge in [0.15, 0.2) is 0 Å². The Balaban J connectivity index is 2.21. The third kappa shape index (κ3) is 3.07. The molecule has 2 aromatic rings. The summed E-state index contributed by atoms with van der Waals surface area (Å²) in [7, 11) is 0. The van der Waals surface area contributed by atoms with Crippen LogP contribution in [0.15, 0.2) is 58.3 Å². The van der Waals surface area contributed by atoms with Gasteiger partial charge < -0.3 is 0 Å². The summed E-state index contributed by atoms with van der Waals surface area (Å²) in [5, 5.41) is 10.6. The molecule has 0 saturated heterocycles. The molecular formula is C13H11NO2S. The summed E-state index contributed by atoms with van der Waals surface area (Å²) in [5.74, 6) is 0. The molecule has 2 rings (SSSR count). The molecule has 0 heterocycles. The lowest BCUT2D eigenvalue weighted by Crippen LogP contribution is -1.87. The molecule has 0 aliphatic carbocycles. The van der Waals surface area contributed by atoms with Gasteiger partial charge in [-0.05, 0) is 25.1 Å². The molecule has 0 bridgehead atoms. The lowest BCUT2D eigenvalue weighted by molar-refractivity contribution is -0.385. The van der Waals surface area contributed by atoms with Gasteiger partial charge in [-0.1, -0.05) is 35.5 Å². The normalized spacial score (nSPS) is 10.2. The molecule has 0 aliphatic heterocycles. The SMILES string of the molecule is Cc1ccc(Sc2cccc([N+](=O)[O-])c2)cc1. The number of aryl methyl sites for hydroxylation is 1. The molecule has 0 aromatic heterocycles. The topological polar surface area (TPSA) is 43.1 Å². The van der Waals surface area contributed by atoms with Gasteiger partial charge in [-0.2, -0.15) is 0 Å². The molecule has 0 fully saturated rings. The van der Waals surface area contributed by atoms with Crippen LogP contribution in [-0.4, -0.2) is 4.92 Å². The third-order valence-electron chi connectivity index (χ3n) is 2.29. The van der Waals surface area contributed by atoms with Crippen molar-refractivity contribution < 1.29 is 4.92 Å². The maximum absolute atomic E-state index is 10.6. The van der Waals surface area contributed by atoms with Crippen LogP contribution in [0, 0.1) is 17.0 Å². The Kier molecular flexibility index (Phi) is 3.44. The predicted octanol–water partition coefficient (Wildman–Crippen LogP) is 4.05. The van der Waals surface area contributed by atoms with Gasteiger partial charge in [-0.15, -0.1) is 0 Å². The van der Waals surface area contributed by atoms with Crippen molar-refractivity contribution in [2.45, 2.75) is 16.7 Å². The standard InChI is InChI=1S/C13H11NO2S/c1-10-5-7-12(8-6-10)17-13-4-2-3-11(9-13)14(15)16/h2-9H,1H3. The van der Waals surface area contributed by atoms with Crippen LogP contribution in [0.4, 0.5) is 5.69 Å². The van der Waals surface area contributed by atoms with Gasteiger partial charge in [-0.25, -0.2) is 0 Å². The molecule has 0 N–H and O–H groups in total. The first kappa shape index (κ1) is 11.7. The summed E-state index contributed by atoms with van der Waals surface area (Å²) in [6.45, 7) is 2.03. The zero-order valence-corrected chi connectivity index (χ0v) is 10.1. The van der Waals surface area contributed by atoms with Crippen LogP contribution in [0.25, 0.3) is 0 Å². The van der Waals surface area contributed by atoms with Crippen LogP contribution in [0.5, 0.6) is 0 Å². The highest BCUT2D eigenvalue weighted by Gasteiger charge is 2.06. The molecule has 0 amide bonds. The van der Waals surface area contributed by atoms with E-state index < -0.39 is 0 Å². The summed E-state index contributed by atoms with van der Waals surface area (Å²) in [5.41, 5.74) is 1.33. The van der Waals surface area contributed by atoms with E-state index in [1.54, 1.807) is 12.1 Å². The van der Waals surface area contributed by atoms with Crippen LogP contribution >= 0.6 is 11.8 Å². The van der Waals surface area contributed by atoms with Gasteiger partial charge in [-0.3, -0.25) is 10.1 Å². The van der Waals surface area contributed by atoms with E-state index in [2.05, 4.69) is 0 Å². The lowest BCUT2D eigenvalue weighted by atomic mass is 10.2. The average Bonchev–Trinajstić information content (AvgIpc) is 2.32. The van der Waals surface area contributed by atoms with E-state index in [4.69, 9.17) is 0 Å². The Morgan fingerprint density at radius 2 is 1.76 bits per heavy atom. The predicted molar refractivity (Wildman–Crippen MR) is 68.4 cm³/mol. The number of non-ortho nitro benzene ring substituents is 1. The maximum Gasteiger partial charge on any atom is 0.270 e. The van der Waals surface area contributed by atoms with Gasteiger partial charge in [0.2, 0.25) is 0 Å². The van der Waals surface area contributed by atoms with Gasteiger partial charge in [0, 0.05) is 21.9 Å². The van der Waals surface area contributed by atoms with Crippen molar-refractivity contribution in [3.8, 4) is 0 Å². The van der Waals surface area contributed by atoms with E-state index in [1.807, 2.05) is 37.3 Å². The summed E-state index contributed by atoms with van der Waals surface area (Å²) in [4.78, 5) is 12.2. The third-order valence-corrected chi connectivity index (χ3v) is 3.28. The molecule has 0 atom stereocenters. The zero-order valence-electron chi connectivity index (χ0n) is 9.29. The number of rotatable bonds is 3. The second kappa shape index (κ2) is 5.01. The highest BCUT2D eigenvalue weighted by Crippen LogP contribution is 2.29. The molecule has 0 aliphatic rings. The number of hydrogen-bond acceptors (Lipinski definition) is 3. The van der Waals surface area contributed by atoms with E-state index in [0.29, 0.717) is 0 Å². The fourth-order valence-electron chi connectivity index (χ4n) is 1.40. The molecule has 4 heteroatoms. The number of nitro groups is 1. The van der Waals surface area contributed by atoms with Crippen LogP contribution in [-0.2, 0) is 0 Å². The number of nitro benzene ring substituents is 1. The van der Waals surface area contributed by atoms with Crippen LogP contribution in [0.3, 0.4) is 0 Å². The van der Waals surface area contributed by atoms with E-state index >= 15 is 0 Å². The van der Waals surface area contributed by atoms with Crippen LogP contribution < -0.4 is 0 Å². The summed E-state index contributed by atoms with van der Waals surface area (Å²) < 4.78 is 0. The first-order chi connectivity index (χ1) is 8.15. The lowest BCUT2D eigenvalue weighted by Gasteiger charge is -2.01. The Bertz CT molecular complexity index is 537. The summed E-state index contributed by atoms with van der Waals surface area (Å²) >= 11 is 1.52. The summed E-state index contributed by atoms with van der Waals surface area (Å²) in [6, 6.07) is 14.7. The minimum absolute atomic E-state index is 0.127. The quantitative estimate of drug-likeness (QED) is 0.605. The Hall–Kier alpha value is -1.81. The highest BCUT2D eigenvalue weighted by molar-refractivity contribution is 7.99. The second-order valence-corrected chi connectivity index (χ2v) is 4.82. The smallest absolute Gasteiger partial charge is 0.258 e. The number of hydrogen-bond donors (Lipinski definition) is 0. The van der Waals surface area contributed by atoms with Gasteiger partial charge in [0.1, 0.15) is 0 Å². The van der Waals surface area contributed by atoms with Crippen molar-refractivity contribution in [2.75, 3.05) is 0 Å². The molecule has 0 spiro atoms. The summed E-state index contributed by atoms with van der Waals surface area (Å²) in [6.07, 6.45) is 0. The fourth-order valence-corrected chi connectivity index (χ4v) is 2.27. The molecular weight excluding hydrogens is 234 g/mol.